The fraction of sp³-hybridized carbons (Fsp3) is 0.929. The second kappa shape index (κ2) is 4.27. The average molecular weight is 240 g/mol. The molecule has 1 saturated carbocycles. The quantitative estimate of drug-likeness (QED) is 0.823. The van der Waals surface area contributed by atoms with Gasteiger partial charge in [0.2, 0.25) is 0 Å². The van der Waals surface area contributed by atoms with Gasteiger partial charge in [-0.1, -0.05) is 6.92 Å². The molecular formula is C14H24O3. The van der Waals surface area contributed by atoms with E-state index in [1.54, 1.807) is 0 Å². The summed E-state index contributed by atoms with van der Waals surface area (Å²) >= 11 is 0. The molecule has 0 radical (unpaired) electrons. The minimum Gasteiger partial charge on any atom is -0.481 e. The highest BCUT2D eigenvalue weighted by molar-refractivity contribution is 5.75. The summed E-state index contributed by atoms with van der Waals surface area (Å²) in [7, 11) is 0. The van der Waals surface area contributed by atoms with Crippen LogP contribution < -0.4 is 0 Å². The van der Waals surface area contributed by atoms with Crippen LogP contribution in [0.25, 0.3) is 0 Å². The van der Waals surface area contributed by atoms with Crippen molar-refractivity contribution in [2.24, 2.45) is 11.3 Å². The Kier molecular flexibility index (Phi) is 3.23. The average Bonchev–Trinajstić information content (AvgIpc) is 2.72. The smallest absolute Gasteiger partial charge is 0.309 e. The van der Waals surface area contributed by atoms with Crippen molar-refractivity contribution >= 4 is 5.97 Å². The lowest BCUT2D eigenvalue weighted by Crippen LogP contribution is -2.33. The van der Waals surface area contributed by atoms with E-state index in [2.05, 4.69) is 20.8 Å². The lowest BCUT2D eigenvalue weighted by Gasteiger charge is -2.28. The van der Waals surface area contributed by atoms with E-state index < -0.39 is 11.4 Å². The molecule has 0 bridgehead atoms. The highest BCUT2D eigenvalue weighted by Crippen LogP contribution is 2.47. The van der Waals surface area contributed by atoms with Gasteiger partial charge in [0.05, 0.1) is 17.1 Å². The van der Waals surface area contributed by atoms with E-state index in [9.17, 15) is 9.90 Å². The summed E-state index contributed by atoms with van der Waals surface area (Å²) in [6.45, 7) is 6.35. The summed E-state index contributed by atoms with van der Waals surface area (Å²) in [6.07, 6.45) is 5.59. The van der Waals surface area contributed by atoms with Gasteiger partial charge in [0.15, 0.2) is 0 Å². The van der Waals surface area contributed by atoms with Crippen LogP contribution in [-0.4, -0.2) is 22.8 Å². The van der Waals surface area contributed by atoms with Gasteiger partial charge in [-0.2, -0.15) is 0 Å². The SMILES string of the molecule is CC1CCC(CC2CCC(C)(C)O2)(C(=O)O)C1. The predicted octanol–water partition coefficient (Wildman–Crippen LogP) is 3.23. The molecule has 2 fully saturated rings. The van der Waals surface area contributed by atoms with Crippen LogP contribution in [0.3, 0.4) is 0 Å². The van der Waals surface area contributed by atoms with E-state index in [1.807, 2.05) is 0 Å². The molecule has 0 spiro atoms. The third-order valence-corrected chi connectivity index (χ3v) is 4.48. The van der Waals surface area contributed by atoms with Crippen molar-refractivity contribution in [3.8, 4) is 0 Å². The molecule has 1 N–H and O–H groups in total. The molecule has 2 rings (SSSR count). The van der Waals surface area contributed by atoms with Crippen LogP contribution in [0.15, 0.2) is 0 Å². The first kappa shape index (κ1) is 12.9. The Balaban J connectivity index is 2.03. The zero-order chi connectivity index (χ0) is 12.7. The maximum absolute atomic E-state index is 11.6. The number of carbonyl (C=O) groups is 1. The lowest BCUT2D eigenvalue weighted by molar-refractivity contribution is -0.152. The predicted molar refractivity (Wildman–Crippen MR) is 65.9 cm³/mol. The molecule has 3 heteroatoms. The van der Waals surface area contributed by atoms with Crippen molar-refractivity contribution in [3.05, 3.63) is 0 Å². The standard InChI is InChI=1S/C14H24O3/c1-10-4-7-14(8-10,12(15)16)9-11-5-6-13(2,3)17-11/h10-11H,4-9H2,1-3H3,(H,15,16). The summed E-state index contributed by atoms with van der Waals surface area (Å²) in [5.74, 6) is -0.0735. The Hall–Kier alpha value is -0.570. The van der Waals surface area contributed by atoms with E-state index in [4.69, 9.17) is 4.74 Å². The highest BCUT2D eigenvalue weighted by atomic mass is 16.5. The largest absolute Gasteiger partial charge is 0.481 e. The maximum Gasteiger partial charge on any atom is 0.309 e. The van der Waals surface area contributed by atoms with Gasteiger partial charge in [0.1, 0.15) is 0 Å². The minimum absolute atomic E-state index is 0.0609. The van der Waals surface area contributed by atoms with Crippen LogP contribution in [0.4, 0.5) is 0 Å². The third kappa shape index (κ3) is 2.65. The number of hydrogen-bond acceptors (Lipinski definition) is 2. The van der Waals surface area contributed by atoms with Gasteiger partial charge < -0.3 is 9.84 Å². The Bertz CT molecular complexity index is 311. The summed E-state index contributed by atoms with van der Waals surface area (Å²) in [4.78, 5) is 11.6. The molecule has 1 saturated heterocycles. The van der Waals surface area contributed by atoms with Crippen LogP contribution >= 0.6 is 0 Å². The number of aliphatic carboxylic acids is 1. The molecule has 1 aliphatic heterocycles. The summed E-state index contributed by atoms with van der Waals surface area (Å²) in [6, 6.07) is 0. The van der Waals surface area contributed by atoms with Crippen LogP contribution in [0.2, 0.25) is 0 Å². The normalized spacial score (nSPS) is 40.6. The fourth-order valence-corrected chi connectivity index (χ4v) is 3.52. The van der Waals surface area contributed by atoms with Crippen LogP contribution in [0, 0.1) is 11.3 Å². The van der Waals surface area contributed by atoms with E-state index in [0.717, 1.165) is 32.1 Å². The molecule has 2 aliphatic rings. The van der Waals surface area contributed by atoms with E-state index >= 15 is 0 Å². The Morgan fingerprint density at radius 1 is 1.35 bits per heavy atom. The van der Waals surface area contributed by atoms with Gasteiger partial charge in [-0.25, -0.2) is 0 Å². The molecule has 17 heavy (non-hydrogen) atoms. The first-order chi connectivity index (χ1) is 7.83. The molecule has 98 valence electrons. The second-order valence-electron chi connectivity index (χ2n) is 6.68. The summed E-state index contributed by atoms with van der Waals surface area (Å²) in [5, 5.41) is 9.52. The number of carboxylic acids is 1. The first-order valence-corrected chi connectivity index (χ1v) is 6.74. The lowest BCUT2D eigenvalue weighted by atomic mass is 9.79. The summed E-state index contributed by atoms with van der Waals surface area (Å²) in [5.41, 5.74) is -0.570. The van der Waals surface area contributed by atoms with Crippen LogP contribution in [0.5, 0.6) is 0 Å². The molecular weight excluding hydrogens is 216 g/mol. The molecule has 0 aromatic rings. The van der Waals surface area contributed by atoms with Crippen molar-refractivity contribution in [3.63, 3.8) is 0 Å². The zero-order valence-corrected chi connectivity index (χ0v) is 11.2. The van der Waals surface area contributed by atoms with Crippen molar-refractivity contribution in [2.75, 3.05) is 0 Å². The van der Waals surface area contributed by atoms with E-state index in [1.165, 1.54) is 0 Å². The van der Waals surface area contributed by atoms with Gasteiger partial charge in [-0.05, 0) is 58.3 Å². The minimum atomic E-state index is -0.616. The molecule has 3 atom stereocenters. The Labute approximate surface area is 104 Å². The van der Waals surface area contributed by atoms with Gasteiger partial charge in [-0.15, -0.1) is 0 Å². The molecule has 0 aromatic heterocycles. The monoisotopic (exact) mass is 240 g/mol. The number of rotatable bonds is 3. The zero-order valence-electron chi connectivity index (χ0n) is 11.2. The Morgan fingerprint density at radius 2 is 2.06 bits per heavy atom. The van der Waals surface area contributed by atoms with Crippen LogP contribution in [0.1, 0.15) is 59.3 Å². The molecule has 0 aromatic carbocycles. The van der Waals surface area contributed by atoms with E-state index in [0.29, 0.717) is 12.3 Å². The van der Waals surface area contributed by atoms with Gasteiger partial charge >= 0.3 is 5.97 Å². The number of ether oxygens (including phenoxy) is 1. The van der Waals surface area contributed by atoms with Gasteiger partial charge in [0, 0.05) is 0 Å². The van der Waals surface area contributed by atoms with Crippen molar-refractivity contribution in [1.82, 2.24) is 0 Å². The molecule has 0 amide bonds. The fourth-order valence-electron chi connectivity index (χ4n) is 3.52. The molecule has 3 unspecified atom stereocenters. The van der Waals surface area contributed by atoms with Crippen LogP contribution in [-0.2, 0) is 9.53 Å². The number of hydrogen-bond donors (Lipinski definition) is 1. The van der Waals surface area contributed by atoms with Gasteiger partial charge in [0.25, 0.3) is 0 Å². The molecule has 3 nitrogen and oxygen atoms in total. The van der Waals surface area contributed by atoms with Crippen molar-refractivity contribution < 1.29 is 14.6 Å². The topological polar surface area (TPSA) is 46.5 Å². The molecule has 1 heterocycles. The first-order valence-electron chi connectivity index (χ1n) is 6.74. The summed E-state index contributed by atoms with van der Waals surface area (Å²) < 4.78 is 5.96. The maximum atomic E-state index is 11.6. The highest BCUT2D eigenvalue weighted by Gasteiger charge is 2.47. The molecule has 1 aliphatic carbocycles. The van der Waals surface area contributed by atoms with Crippen molar-refractivity contribution in [2.45, 2.75) is 71.0 Å². The third-order valence-electron chi connectivity index (χ3n) is 4.48. The Morgan fingerprint density at radius 3 is 2.47 bits per heavy atom. The second-order valence-corrected chi connectivity index (χ2v) is 6.68. The number of carboxylic acid groups (broad SMARTS) is 1. The van der Waals surface area contributed by atoms with Crippen molar-refractivity contribution in [1.29, 1.82) is 0 Å². The van der Waals surface area contributed by atoms with Gasteiger partial charge in [-0.3, -0.25) is 4.79 Å². The van der Waals surface area contributed by atoms with E-state index in [-0.39, 0.29) is 11.7 Å².